The minimum Gasteiger partial charge on any atom is -0.313 e. The Morgan fingerprint density at radius 2 is 2.00 bits per heavy atom. The first-order valence-corrected chi connectivity index (χ1v) is 4.27. The van der Waals surface area contributed by atoms with Crippen LogP contribution in [-0.4, -0.2) is 14.1 Å². The molecule has 0 radical (unpaired) electrons. The summed E-state index contributed by atoms with van der Waals surface area (Å²) < 4.78 is 23.6. The summed E-state index contributed by atoms with van der Waals surface area (Å²) in [7, 11) is -3.39. The van der Waals surface area contributed by atoms with Crippen molar-refractivity contribution < 1.29 is 8.42 Å². The van der Waals surface area contributed by atoms with Gasteiger partial charge in [0, 0.05) is 5.41 Å². The first kappa shape index (κ1) is 9.61. The van der Waals surface area contributed by atoms with Crippen LogP contribution in [-0.2, 0) is 10.0 Å². The van der Waals surface area contributed by atoms with Crippen molar-refractivity contribution in [1.29, 1.82) is 0 Å². The molecule has 0 saturated carbocycles. The molecule has 10 heavy (non-hydrogen) atoms. The fourth-order valence-corrected chi connectivity index (χ4v) is 1.22. The van der Waals surface area contributed by atoms with Crippen molar-refractivity contribution in [3.63, 3.8) is 0 Å². The third-order valence-electron chi connectivity index (χ3n) is 0.625. The van der Waals surface area contributed by atoms with Gasteiger partial charge < -0.3 is 5.73 Å². The van der Waals surface area contributed by atoms with Crippen LogP contribution in [0.3, 0.4) is 0 Å². The highest BCUT2D eigenvalue weighted by molar-refractivity contribution is 7.92. The fourth-order valence-electron chi connectivity index (χ4n) is 0.408. The predicted molar refractivity (Wildman–Crippen MR) is 40.5 cm³/mol. The number of sulfonamides is 1. The molecule has 0 heterocycles. The molecule has 0 atom stereocenters. The molecule has 0 fully saturated rings. The number of rotatable bonds is 3. The Morgan fingerprint density at radius 3 is 2.10 bits per heavy atom. The van der Waals surface area contributed by atoms with E-state index in [1.54, 1.807) is 13.8 Å². The highest BCUT2D eigenvalue weighted by Crippen LogP contribution is 1.94. The number of hydrogen-bond donors (Lipinski definition) is 2. The first-order valence-electron chi connectivity index (χ1n) is 2.72. The zero-order valence-electron chi connectivity index (χ0n) is 6.09. The van der Waals surface area contributed by atoms with Gasteiger partial charge in [0.05, 0.1) is 5.66 Å². The van der Waals surface area contributed by atoms with E-state index in [0.29, 0.717) is 0 Å². The summed E-state index contributed by atoms with van der Waals surface area (Å²) >= 11 is 0. The molecule has 5 heteroatoms. The van der Waals surface area contributed by atoms with Crippen LogP contribution in [0.15, 0.2) is 12.0 Å². The summed E-state index contributed by atoms with van der Waals surface area (Å²) in [5, 5.41) is 0.821. The zero-order valence-corrected chi connectivity index (χ0v) is 6.90. The van der Waals surface area contributed by atoms with Gasteiger partial charge >= 0.3 is 0 Å². The number of nitrogens with two attached hydrogens (primary N) is 1. The van der Waals surface area contributed by atoms with E-state index in [2.05, 4.69) is 11.3 Å². The molecule has 0 aromatic carbocycles. The van der Waals surface area contributed by atoms with E-state index < -0.39 is 15.7 Å². The summed E-state index contributed by atoms with van der Waals surface area (Å²) in [5.74, 6) is 0. The predicted octanol–water partition coefficient (Wildman–Crippen LogP) is -0.256. The first-order chi connectivity index (χ1) is 4.27. The molecule has 0 rings (SSSR count). The Morgan fingerprint density at radius 1 is 1.60 bits per heavy atom. The van der Waals surface area contributed by atoms with Crippen molar-refractivity contribution in [3.05, 3.63) is 12.0 Å². The molecule has 3 N–H and O–H groups in total. The van der Waals surface area contributed by atoms with Crippen molar-refractivity contribution in [3.8, 4) is 0 Å². The molecular weight excluding hydrogens is 152 g/mol. The van der Waals surface area contributed by atoms with Crippen LogP contribution in [0.4, 0.5) is 0 Å². The fraction of sp³-hybridized carbons (Fsp3) is 0.600. The Hall–Kier alpha value is -0.390. The summed E-state index contributed by atoms with van der Waals surface area (Å²) in [6.07, 6.45) is 0. The van der Waals surface area contributed by atoms with Gasteiger partial charge in [-0.25, -0.2) is 8.42 Å². The van der Waals surface area contributed by atoms with Gasteiger partial charge in [0.1, 0.15) is 0 Å². The molecular formula is C5H12N2O2S. The Kier molecular flexibility index (Phi) is 2.59. The van der Waals surface area contributed by atoms with Gasteiger partial charge in [0.2, 0.25) is 10.0 Å². The minimum absolute atomic E-state index is 0.821. The lowest BCUT2D eigenvalue weighted by Crippen LogP contribution is -2.49. The van der Waals surface area contributed by atoms with E-state index in [-0.39, 0.29) is 0 Å². The van der Waals surface area contributed by atoms with Gasteiger partial charge in [0.15, 0.2) is 0 Å². The van der Waals surface area contributed by atoms with E-state index in [4.69, 9.17) is 5.73 Å². The van der Waals surface area contributed by atoms with Crippen LogP contribution >= 0.6 is 0 Å². The van der Waals surface area contributed by atoms with E-state index in [0.717, 1.165) is 5.41 Å². The third kappa shape index (κ3) is 4.49. The molecule has 60 valence electrons. The molecule has 0 unspecified atom stereocenters. The molecule has 0 saturated heterocycles. The van der Waals surface area contributed by atoms with Crippen LogP contribution in [0.25, 0.3) is 0 Å². The van der Waals surface area contributed by atoms with E-state index in [1.807, 2.05) is 0 Å². The van der Waals surface area contributed by atoms with E-state index in [9.17, 15) is 8.42 Å². The molecule has 0 aliphatic heterocycles. The molecule has 0 aromatic rings. The number of hydrogen-bond acceptors (Lipinski definition) is 3. The SMILES string of the molecule is C=CS(=O)(=O)NC(C)(C)N. The Balaban J connectivity index is 4.32. The maximum Gasteiger partial charge on any atom is 0.234 e. The molecule has 0 aliphatic carbocycles. The van der Waals surface area contributed by atoms with Gasteiger partial charge in [-0.15, -0.1) is 0 Å². The van der Waals surface area contributed by atoms with Crippen LogP contribution in [0.5, 0.6) is 0 Å². The van der Waals surface area contributed by atoms with E-state index >= 15 is 0 Å². The van der Waals surface area contributed by atoms with Crippen LogP contribution in [0.2, 0.25) is 0 Å². The summed E-state index contributed by atoms with van der Waals surface area (Å²) in [4.78, 5) is 0. The highest BCUT2D eigenvalue weighted by atomic mass is 32.2. The normalized spacial score (nSPS) is 13.1. The molecule has 0 spiro atoms. The second-order valence-corrected chi connectivity index (χ2v) is 4.16. The van der Waals surface area contributed by atoms with Crippen molar-refractivity contribution in [2.45, 2.75) is 19.5 Å². The molecule has 0 aliphatic rings. The standard InChI is InChI=1S/C5H12N2O2S/c1-4-10(8,9)7-5(2,3)6/h4,7H,1,6H2,2-3H3. The monoisotopic (exact) mass is 164 g/mol. The molecule has 0 amide bonds. The lowest BCUT2D eigenvalue weighted by atomic mass is 10.3. The average Bonchev–Trinajstić information content (AvgIpc) is 1.60. The highest BCUT2D eigenvalue weighted by Gasteiger charge is 2.16. The van der Waals surface area contributed by atoms with Gasteiger partial charge in [-0.2, -0.15) is 4.72 Å². The van der Waals surface area contributed by atoms with Crippen molar-refractivity contribution >= 4 is 10.0 Å². The summed E-state index contributed by atoms with van der Waals surface area (Å²) in [5.41, 5.74) is 4.44. The quantitative estimate of drug-likeness (QED) is 0.565. The van der Waals surface area contributed by atoms with Gasteiger partial charge in [-0.3, -0.25) is 0 Å². The van der Waals surface area contributed by atoms with Crippen LogP contribution in [0.1, 0.15) is 13.8 Å². The van der Waals surface area contributed by atoms with Crippen LogP contribution < -0.4 is 10.5 Å². The van der Waals surface area contributed by atoms with Gasteiger partial charge in [0.25, 0.3) is 0 Å². The maximum absolute atomic E-state index is 10.7. The largest absolute Gasteiger partial charge is 0.313 e. The third-order valence-corrected chi connectivity index (χ3v) is 1.87. The zero-order chi connectivity index (χ0) is 8.41. The summed E-state index contributed by atoms with van der Waals surface area (Å²) in [6.45, 7) is 6.21. The second-order valence-electron chi connectivity index (χ2n) is 2.54. The van der Waals surface area contributed by atoms with Crippen molar-refractivity contribution in [1.82, 2.24) is 4.72 Å². The summed E-state index contributed by atoms with van der Waals surface area (Å²) in [6, 6.07) is 0. The lowest BCUT2D eigenvalue weighted by molar-refractivity contribution is 0.474. The van der Waals surface area contributed by atoms with E-state index in [1.165, 1.54) is 0 Å². The average molecular weight is 164 g/mol. The van der Waals surface area contributed by atoms with Crippen LogP contribution in [0, 0.1) is 0 Å². The second kappa shape index (κ2) is 2.69. The van der Waals surface area contributed by atoms with Gasteiger partial charge in [-0.1, -0.05) is 6.58 Å². The van der Waals surface area contributed by atoms with Crippen molar-refractivity contribution in [2.75, 3.05) is 0 Å². The number of nitrogens with one attached hydrogen (secondary N) is 1. The molecule has 0 aromatic heterocycles. The minimum atomic E-state index is -3.39. The topological polar surface area (TPSA) is 72.2 Å². The van der Waals surface area contributed by atoms with Gasteiger partial charge in [-0.05, 0) is 13.8 Å². The molecule has 4 nitrogen and oxygen atoms in total. The Bertz CT molecular complexity index is 212. The smallest absolute Gasteiger partial charge is 0.234 e. The molecule has 0 bridgehead atoms. The maximum atomic E-state index is 10.7. The van der Waals surface area contributed by atoms with Crippen molar-refractivity contribution in [2.24, 2.45) is 5.73 Å². The Labute approximate surface area is 61.2 Å². The lowest BCUT2D eigenvalue weighted by Gasteiger charge is -2.18.